The summed E-state index contributed by atoms with van der Waals surface area (Å²) < 4.78 is 1.80. The molecule has 0 unspecified atom stereocenters. The molecule has 0 bridgehead atoms. The topological polar surface area (TPSA) is 41.7 Å². The van der Waals surface area contributed by atoms with Crippen LogP contribution in [0.2, 0.25) is 0 Å². The van der Waals surface area contributed by atoms with Crippen molar-refractivity contribution in [3.05, 3.63) is 60.0 Å². The summed E-state index contributed by atoms with van der Waals surface area (Å²) in [5, 5.41) is 7.57. The number of hydrogen-bond donors (Lipinski definition) is 1. The number of hydrogen-bond acceptors (Lipinski definition) is 2. The van der Waals surface area contributed by atoms with Gasteiger partial charge in [-0.05, 0) is 11.6 Å². The molecule has 2 aromatic rings. The highest BCUT2D eigenvalue weighted by molar-refractivity contribution is 5.14. The Kier molecular flexibility index (Phi) is 2.40. The van der Waals surface area contributed by atoms with Crippen LogP contribution in [0.15, 0.2) is 48.8 Å². The summed E-state index contributed by atoms with van der Waals surface area (Å²) >= 11 is 0. The van der Waals surface area contributed by atoms with Crippen molar-refractivity contribution in [3.63, 3.8) is 0 Å². The van der Waals surface area contributed by atoms with Crippen molar-refractivity contribution in [3.8, 4) is 0 Å². The molecular weight excluding hydrogens is 174 g/mol. The fourth-order valence-corrected chi connectivity index (χ4v) is 1.31. The average Bonchev–Trinajstić information content (AvgIpc) is 2.23. The van der Waals surface area contributed by atoms with E-state index in [0.717, 1.165) is 0 Å². The van der Waals surface area contributed by atoms with Crippen LogP contribution in [0.5, 0.6) is 0 Å². The van der Waals surface area contributed by atoms with Crippen molar-refractivity contribution in [1.82, 2.24) is 9.55 Å². The molecule has 0 radical (unpaired) electrons. The molecule has 1 aromatic heterocycles. The van der Waals surface area contributed by atoms with Crippen LogP contribution in [0.4, 0.5) is 0 Å². The summed E-state index contributed by atoms with van der Waals surface area (Å²) in [5.74, 6) is 0. The van der Waals surface area contributed by atoms with Crippen molar-refractivity contribution in [2.75, 3.05) is 0 Å². The van der Waals surface area contributed by atoms with E-state index in [1.54, 1.807) is 10.8 Å². The molecule has 0 atom stereocenters. The second-order valence-corrected chi connectivity index (χ2v) is 3.06. The first kappa shape index (κ1) is 8.69. The summed E-state index contributed by atoms with van der Waals surface area (Å²) in [7, 11) is 0. The quantitative estimate of drug-likeness (QED) is 0.755. The summed E-state index contributed by atoms with van der Waals surface area (Å²) in [6, 6.07) is 11.9. The molecular formula is C11H11N3. The molecule has 70 valence electrons. The molecule has 1 aromatic carbocycles. The molecule has 0 spiro atoms. The van der Waals surface area contributed by atoms with Gasteiger partial charge in [-0.25, -0.2) is 4.98 Å². The van der Waals surface area contributed by atoms with Gasteiger partial charge in [0.1, 0.15) is 0 Å². The van der Waals surface area contributed by atoms with Gasteiger partial charge in [-0.15, -0.1) is 0 Å². The normalized spacial score (nSPS) is 10.0. The Balaban J connectivity index is 2.28. The minimum Gasteiger partial charge on any atom is -0.313 e. The van der Waals surface area contributed by atoms with E-state index >= 15 is 0 Å². The third-order valence-corrected chi connectivity index (χ3v) is 2.02. The maximum absolute atomic E-state index is 7.57. The smallest absolute Gasteiger partial charge is 0.222 e. The Bertz CT molecular complexity index is 459. The number of nitrogens with zero attached hydrogens (tertiary/aromatic N) is 2. The molecule has 0 fully saturated rings. The number of aromatic nitrogens is 2. The average molecular weight is 185 g/mol. The van der Waals surface area contributed by atoms with E-state index in [-0.39, 0.29) is 5.62 Å². The molecule has 14 heavy (non-hydrogen) atoms. The molecule has 0 saturated carbocycles. The first-order chi connectivity index (χ1) is 6.86. The molecule has 2 rings (SSSR count). The minimum absolute atomic E-state index is 0.288. The van der Waals surface area contributed by atoms with E-state index in [9.17, 15) is 0 Å². The van der Waals surface area contributed by atoms with Crippen molar-refractivity contribution in [2.45, 2.75) is 6.54 Å². The first-order valence-electron chi connectivity index (χ1n) is 4.46. The minimum atomic E-state index is 0.288. The molecule has 0 aliphatic carbocycles. The number of nitrogens with one attached hydrogen (secondary N) is 1. The van der Waals surface area contributed by atoms with Crippen LogP contribution in [0.1, 0.15) is 5.56 Å². The molecule has 0 amide bonds. The SMILES string of the molecule is N=c1ncccn1Cc1ccccc1. The third kappa shape index (κ3) is 1.88. The summed E-state index contributed by atoms with van der Waals surface area (Å²) in [4.78, 5) is 3.90. The van der Waals surface area contributed by atoms with Crippen molar-refractivity contribution >= 4 is 0 Å². The van der Waals surface area contributed by atoms with Gasteiger partial charge in [0.05, 0.1) is 6.54 Å². The predicted molar refractivity (Wildman–Crippen MR) is 53.6 cm³/mol. The second kappa shape index (κ2) is 3.87. The highest BCUT2D eigenvalue weighted by Crippen LogP contribution is 1.99. The molecule has 3 heteroatoms. The maximum Gasteiger partial charge on any atom is 0.222 e. The van der Waals surface area contributed by atoms with E-state index in [0.29, 0.717) is 6.54 Å². The lowest BCUT2D eigenvalue weighted by Gasteiger charge is -2.04. The van der Waals surface area contributed by atoms with Gasteiger partial charge >= 0.3 is 0 Å². The first-order valence-corrected chi connectivity index (χ1v) is 4.46. The summed E-state index contributed by atoms with van der Waals surface area (Å²) in [6.07, 6.45) is 3.49. The van der Waals surface area contributed by atoms with Crippen LogP contribution < -0.4 is 5.62 Å². The third-order valence-electron chi connectivity index (χ3n) is 2.02. The standard InChI is InChI=1S/C11H11N3/c12-11-13-7-4-8-14(11)9-10-5-2-1-3-6-10/h1-8,12H,9H2. The molecule has 0 aliphatic rings. The zero-order valence-corrected chi connectivity index (χ0v) is 7.72. The molecule has 3 nitrogen and oxygen atoms in total. The van der Waals surface area contributed by atoms with Crippen LogP contribution in [-0.2, 0) is 6.54 Å². The fraction of sp³-hybridized carbons (Fsp3) is 0.0909. The van der Waals surface area contributed by atoms with Crippen LogP contribution in [-0.4, -0.2) is 9.55 Å². The lowest BCUT2D eigenvalue weighted by Crippen LogP contribution is -2.22. The van der Waals surface area contributed by atoms with Gasteiger partial charge in [-0.2, -0.15) is 0 Å². The lowest BCUT2D eigenvalue weighted by atomic mass is 10.2. The van der Waals surface area contributed by atoms with Crippen molar-refractivity contribution in [2.24, 2.45) is 0 Å². The fourth-order valence-electron chi connectivity index (χ4n) is 1.31. The Labute approximate surface area is 82.2 Å². The van der Waals surface area contributed by atoms with Crippen LogP contribution in [0.3, 0.4) is 0 Å². The largest absolute Gasteiger partial charge is 0.313 e. The van der Waals surface area contributed by atoms with Gasteiger partial charge in [-0.3, -0.25) is 5.41 Å². The van der Waals surface area contributed by atoms with Gasteiger partial charge in [0.15, 0.2) is 0 Å². The van der Waals surface area contributed by atoms with E-state index < -0.39 is 0 Å². The Morgan fingerprint density at radius 1 is 1.14 bits per heavy atom. The van der Waals surface area contributed by atoms with Crippen LogP contribution >= 0.6 is 0 Å². The number of rotatable bonds is 2. The van der Waals surface area contributed by atoms with E-state index in [2.05, 4.69) is 4.98 Å². The molecule has 0 aliphatic heterocycles. The summed E-state index contributed by atoms with van der Waals surface area (Å²) in [6.45, 7) is 0.702. The lowest BCUT2D eigenvalue weighted by molar-refractivity contribution is 0.694. The molecule has 1 heterocycles. The zero-order valence-electron chi connectivity index (χ0n) is 7.72. The van der Waals surface area contributed by atoms with Gasteiger partial charge in [0.2, 0.25) is 5.62 Å². The molecule has 0 saturated heterocycles. The zero-order chi connectivity index (χ0) is 9.80. The van der Waals surface area contributed by atoms with Crippen LogP contribution in [0.25, 0.3) is 0 Å². The highest BCUT2D eigenvalue weighted by Gasteiger charge is 1.93. The van der Waals surface area contributed by atoms with Crippen molar-refractivity contribution < 1.29 is 0 Å². The predicted octanol–water partition coefficient (Wildman–Crippen LogP) is 1.41. The van der Waals surface area contributed by atoms with E-state index in [4.69, 9.17) is 5.41 Å². The maximum atomic E-state index is 7.57. The molecule has 1 N–H and O–H groups in total. The Morgan fingerprint density at radius 2 is 1.93 bits per heavy atom. The van der Waals surface area contributed by atoms with Crippen molar-refractivity contribution in [1.29, 1.82) is 5.41 Å². The van der Waals surface area contributed by atoms with E-state index in [1.807, 2.05) is 42.6 Å². The summed E-state index contributed by atoms with van der Waals surface area (Å²) in [5.41, 5.74) is 1.47. The van der Waals surface area contributed by atoms with E-state index in [1.165, 1.54) is 5.56 Å². The van der Waals surface area contributed by atoms with Crippen LogP contribution in [0, 0.1) is 5.41 Å². The van der Waals surface area contributed by atoms with Gasteiger partial charge < -0.3 is 4.57 Å². The van der Waals surface area contributed by atoms with Gasteiger partial charge in [-0.1, -0.05) is 30.3 Å². The number of benzene rings is 1. The van der Waals surface area contributed by atoms with Gasteiger partial charge in [0, 0.05) is 12.4 Å². The highest BCUT2D eigenvalue weighted by atomic mass is 15.0. The Hall–Kier alpha value is -1.90. The Morgan fingerprint density at radius 3 is 2.64 bits per heavy atom. The second-order valence-electron chi connectivity index (χ2n) is 3.06. The van der Waals surface area contributed by atoms with Gasteiger partial charge in [0.25, 0.3) is 0 Å². The monoisotopic (exact) mass is 185 g/mol.